The van der Waals surface area contributed by atoms with E-state index < -0.39 is 5.60 Å². The molecule has 0 bridgehead atoms. The maximum absolute atomic E-state index is 10.6. The molecule has 0 saturated heterocycles. The second kappa shape index (κ2) is 3.97. The van der Waals surface area contributed by atoms with Gasteiger partial charge < -0.3 is 5.11 Å². The van der Waals surface area contributed by atoms with Crippen LogP contribution in [0, 0.1) is 5.92 Å². The van der Waals surface area contributed by atoms with Crippen LogP contribution in [0.1, 0.15) is 44.2 Å². The van der Waals surface area contributed by atoms with Crippen LogP contribution in [0.25, 0.3) is 0 Å². The quantitative estimate of drug-likeness (QED) is 0.801. The van der Waals surface area contributed by atoms with Crippen LogP contribution in [-0.4, -0.2) is 5.11 Å². The molecule has 1 aromatic carbocycles. The lowest BCUT2D eigenvalue weighted by atomic mass is 9.88. The molecule has 15 heavy (non-hydrogen) atoms. The monoisotopic (exact) mass is 204 g/mol. The van der Waals surface area contributed by atoms with Crippen LogP contribution in [0.5, 0.6) is 0 Å². The molecular weight excluding hydrogens is 184 g/mol. The summed E-state index contributed by atoms with van der Waals surface area (Å²) in [4.78, 5) is 0. The second-order valence-corrected chi connectivity index (χ2v) is 5.12. The number of aliphatic hydroxyl groups is 1. The Bertz CT molecular complexity index is 343. The zero-order valence-electron chi connectivity index (χ0n) is 9.66. The first-order valence-electron chi connectivity index (χ1n) is 5.92. The van der Waals surface area contributed by atoms with Gasteiger partial charge in [-0.2, -0.15) is 0 Å². The van der Waals surface area contributed by atoms with Crippen molar-refractivity contribution in [2.75, 3.05) is 0 Å². The first kappa shape index (κ1) is 10.7. The third-order valence-corrected chi connectivity index (χ3v) is 3.46. The molecule has 0 radical (unpaired) electrons. The third kappa shape index (κ3) is 2.07. The van der Waals surface area contributed by atoms with Gasteiger partial charge in [0, 0.05) is 0 Å². The minimum absolute atomic E-state index is 0.541. The van der Waals surface area contributed by atoms with Gasteiger partial charge in [-0.3, -0.25) is 0 Å². The van der Waals surface area contributed by atoms with E-state index in [9.17, 15) is 5.11 Å². The van der Waals surface area contributed by atoms with Crippen molar-refractivity contribution in [1.29, 1.82) is 0 Å². The predicted molar refractivity (Wildman–Crippen MR) is 62.7 cm³/mol. The summed E-state index contributed by atoms with van der Waals surface area (Å²) in [5.41, 5.74) is 1.97. The minimum atomic E-state index is -0.541. The number of fused-ring (bicyclic) bond motifs is 1. The van der Waals surface area contributed by atoms with E-state index in [1.54, 1.807) is 0 Å². The standard InChI is InChI=1S/C14H20O/c1-11(2)7-9-14(15)10-8-12-5-3-4-6-13(12)14/h3-6,11,15H,7-10H2,1-2H3. The number of hydrogen-bond acceptors (Lipinski definition) is 1. The molecule has 1 heteroatoms. The molecule has 0 saturated carbocycles. The minimum Gasteiger partial charge on any atom is -0.385 e. The maximum Gasteiger partial charge on any atom is 0.0902 e. The highest BCUT2D eigenvalue weighted by Crippen LogP contribution is 2.40. The van der Waals surface area contributed by atoms with Crippen LogP contribution in [0.3, 0.4) is 0 Å². The highest BCUT2D eigenvalue weighted by atomic mass is 16.3. The fraction of sp³-hybridized carbons (Fsp3) is 0.571. The largest absolute Gasteiger partial charge is 0.385 e. The lowest BCUT2D eigenvalue weighted by molar-refractivity contribution is 0.0241. The fourth-order valence-corrected chi connectivity index (χ4v) is 2.46. The van der Waals surface area contributed by atoms with E-state index in [2.05, 4.69) is 32.0 Å². The molecule has 1 aliphatic carbocycles. The second-order valence-electron chi connectivity index (χ2n) is 5.12. The zero-order chi connectivity index (χ0) is 10.9. The lowest BCUT2D eigenvalue weighted by Gasteiger charge is -2.24. The van der Waals surface area contributed by atoms with E-state index in [0.717, 1.165) is 25.7 Å². The predicted octanol–water partition coefficient (Wildman–Crippen LogP) is 3.26. The molecule has 0 spiro atoms. The first-order chi connectivity index (χ1) is 7.12. The Kier molecular flexibility index (Phi) is 2.83. The Hall–Kier alpha value is -0.820. The Labute approximate surface area is 92.1 Å². The SMILES string of the molecule is CC(C)CCC1(O)CCc2ccccc21. The fourth-order valence-electron chi connectivity index (χ4n) is 2.46. The van der Waals surface area contributed by atoms with Gasteiger partial charge in [0.2, 0.25) is 0 Å². The molecule has 0 fully saturated rings. The van der Waals surface area contributed by atoms with Crippen molar-refractivity contribution in [3.63, 3.8) is 0 Å². The van der Waals surface area contributed by atoms with Gasteiger partial charge in [0.1, 0.15) is 0 Å². The van der Waals surface area contributed by atoms with Gasteiger partial charge in [0.15, 0.2) is 0 Å². The van der Waals surface area contributed by atoms with Crippen LogP contribution in [0.15, 0.2) is 24.3 Å². The molecule has 0 heterocycles. The van der Waals surface area contributed by atoms with E-state index in [1.807, 2.05) is 6.07 Å². The number of aryl methyl sites for hydroxylation is 1. The summed E-state index contributed by atoms with van der Waals surface area (Å²) in [7, 11) is 0. The normalized spacial score (nSPS) is 24.5. The summed E-state index contributed by atoms with van der Waals surface area (Å²) in [5, 5.41) is 10.6. The number of hydrogen-bond donors (Lipinski definition) is 1. The molecule has 1 N–H and O–H groups in total. The molecular formula is C14H20O. The van der Waals surface area contributed by atoms with Gasteiger partial charge in [-0.05, 0) is 42.7 Å². The summed E-state index contributed by atoms with van der Waals surface area (Å²) in [6.07, 6.45) is 3.94. The zero-order valence-corrected chi connectivity index (χ0v) is 9.66. The van der Waals surface area contributed by atoms with E-state index >= 15 is 0 Å². The van der Waals surface area contributed by atoms with Gasteiger partial charge in [-0.1, -0.05) is 38.1 Å². The number of rotatable bonds is 3. The van der Waals surface area contributed by atoms with Gasteiger partial charge >= 0.3 is 0 Å². The van der Waals surface area contributed by atoms with E-state index in [4.69, 9.17) is 0 Å². The summed E-state index contributed by atoms with van der Waals surface area (Å²) in [6, 6.07) is 8.32. The highest BCUT2D eigenvalue weighted by Gasteiger charge is 2.35. The molecule has 0 aliphatic heterocycles. The summed E-state index contributed by atoms with van der Waals surface area (Å²) < 4.78 is 0. The Morgan fingerprint density at radius 1 is 1.33 bits per heavy atom. The van der Waals surface area contributed by atoms with E-state index in [-0.39, 0.29) is 0 Å². The van der Waals surface area contributed by atoms with E-state index in [0.29, 0.717) is 5.92 Å². The van der Waals surface area contributed by atoms with Crippen LogP contribution in [0.4, 0.5) is 0 Å². The average molecular weight is 204 g/mol. The van der Waals surface area contributed by atoms with E-state index in [1.165, 1.54) is 11.1 Å². The van der Waals surface area contributed by atoms with Crippen molar-refractivity contribution in [1.82, 2.24) is 0 Å². The van der Waals surface area contributed by atoms with Crippen LogP contribution < -0.4 is 0 Å². The molecule has 1 nitrogen and oxygen atoms in total. The molecule has 1 atom stereocenters. The smallest absolute Gasteiger partial charge is 0.0902 e. The Morgan fingerprint density at radius 3 is 2.80 bits per heavy atom. The van der Waals surface area contributed by atoms with Crippen LogP contribution in [-0.2, 0) is 12.0 Å². The molecule has 1 aliphatic rings. The van der Waals surface area contributed by atoms with Gasteiger partial charge in [0.05, 0.1) is 5.60 Å². The molecule has 0 amide bonds. The van der Waals surface area contributed by atoms with Crippen molar-refractivity contribution < 1.29 is 5.11 Å². The summed E-state index contributed by atoms with van der Waals surface area (Å²) in [5.74, 6) is 0.668. The van der Waals surface area contributed by atoms with Crippen molar-refractivity contribution in [2.24, 2.45) is 5.92 Å². The van der Waals surface area contributed by atoms with Crippen LogP contribution in [0.2, 0.25) is 0 Å². The summed E-state index contributed by atoms with van der Waals surface area (Å²) >= 11 is 0. The van der Waals surface area contributed by atoms with Gasteiger partial charge in [-0.25, -0.2) is 0 Å². The first-order valence-corrected chi connectivity index (χ1v) is 5.92. The van der Waals surface area contributed by atoms with Gasteiger partial charge in [-0.15, -0.1) is 0 Å². The van der Waals surface area contributed by atoms with Gasteiger partial charge in [0.25, 0.3) is 0 Å². The molecule has 2 rings (SSSR count). The Morgan fingerprint density at radius 2 is 2.07 bits per heavy atom. The third-order valence-electron chi connectivity index (χ3n) is 3.46. The number of benzene rings is 1. The Balaban J connectivity index is 2.17. The molecule has 0 aromatic heterocycles. The summed E-state index contributed by atoms with van der Waals surface area (Å²) in [6.45, 7) is 4.43. The molecule has 1 aromatic rings. The lowest BCUT2D eigenvalue weighted by Crippen LogP contribution is -2.22. The average Bonchev–Trinajstić information content (AvgIpc) is 2.56. The van der Waals surface area contributed by atoms with Crippen molar-refractivity contribution in [3.8, 4) is 0 Å². The topological polar surface area (TPSA) is 20.2 Å². The van der Waals surface area contributed by atoms with Crippen molar-refractivity contribution in [3.05, 3.63) is 35.4 Å². The molecule has 1 unspecified atom stereocenters. The van der Waals surface area contributed by atoms with Crippen LogP contribution >= 0.6 is 0 Å². The molecule has 82 valence electrons. The van der Waals surface area contributed by atoms with Crippen molar-refractivity contribution in [2.45, 2.75) is 45.1 Å². The maximum atomic E-state index is 10.6. The highest BCUT2D eigenvalue weighted by molar-refractivity contribution is 5.36. The van der Waals surface area contributed by atoms with Crippen molar-refractivity contribution >= 4 is 0 Å².